The van der Waals surface area contributed by atoms with E-state index in [4.69, 9.17) is 11.6 Å². The van der Waals surface area contributed by atoms with Gasteiger partial charge in [0.15, 0.2) is 0 Å². The van der Waals surface area contributed by atoms with E-state index in [-0.39, 0.29) is 18.0 Å². The van der Waals surface area contributed by atoms with Crippen LogP contribution in [-0.4, -0.2) is 36.0 Å². The van der Waals surface area contributed by atoms with Crippen molar-refractivity contribution in [1.82, 2.24) is 15.5 Å². The van der Waals surface area contributed by atoms with Crippen molar-refractivity contribution in [3.63, 3.8) is 0 Å². The number of likely N-dealkylation sites (tertiary alicyclic amines) is 1. The van der Waals surface area contributed by atoms with Crippen LogP contribution in [0.15, 0.2) is 54.6 Å². The maximum absolute atomic E-state index is 12.3. The number of benzene rings is 2. The Kier molecular flexibility index (Phi) is 6.12. The molecule has 0 aromatic heterocycles. The zero-order valence-corrected chi connectivity index (χ0v) is 15.2. The fourth-order valence-electron chi connectivity index (χ4n) is 2.98. The van der Waals surface area contributed by atoms with E-state index < -0.39 is 0 Å². The Morgan fingerprint density at radius 2 is 1.65 bits per heavy atom. The van der Waals surface area contributed by atoms with Gasteiger partial charge in [0.25, 0.3) is 5.91 Å². The van der Waals surface area contributed by atoms with Crippen LogP contribution in [0.1, 0.15) is 28.8 Å². The molecule has 2 aromatic carbocycles. The summed E-state index contributed by atoms with van der Waals surface area (Å²) in [5.74, 6) is -0.0590. The van der Waals surface area contributed by atoms with Crippen LogP contribution in [0, 0.1) is 0 Å². The van der Waals surface area contributed by atoms with Gasteiger partial charge in [0.05, 0.1) is 0 Å². The maximum Gasteiger partial charge on any atom is 0.317 e. The third-order valence-corrected chi connectivity index (χ3v) is 4.76. The normalized spacial score (nSPS) is 14.7. The van der Waals surface area contributed by atoms with Crippen molar-refractivity contribution >= 4 is 23.5 Å². The van der Waals surface area contributed by atoms with Crippen LogP contribution in [0.4, 0.5) is 4.79 Å². The van der Waals surface area contributed by atoms with E-state index in [9.17, 15) is 9.59 Å². The molecule has 6 heteroatoms. The van der Waals surface area contributed by atoms with E-state index in [1.165, 1.54) is 0 Å². The van der Waals surface area contributed by atoms with Crippen molar-refractivity contribution in [1.29, 1.82) is 0 Å². The van der Waals surface area contributed by atoms with Crippen molar-refractivity contribution in [2.45, 2.75) is 25.4 Å². The number of nitrogens with one attached hydrogen (secondary N) is 2. The lowest BCUT2D eigenvalue weighted by Gasteiger charge is -2.32. The second kappa shape index (κ2) is 8.72. The molecule has 5 nitrogen and oxygen atoms in total. The summed E-state index contributed by atoms with van der Waals surface area (Å²) in [6, 6.07) is 16.6. The topological polar surface area (TPSA) is 61.4 Å². The summed E-state index contributed by atoms with van der Waals surface area (Å²) in [6.07, 6.45) is 1.51. The van der Waals surface area contributed by atoms with Crippen LogP contribution in [0.2, 0.25) is 5.02 Å². The third-order valence-electron chi connectivity index (χ3n) is 4.51. The number of carbonyl (C=O) groups is 2. The maximum atomic E-state index is 12.3. The van der Waals surface area contributed by atoms with Crippen molar-refractivity contribution in [3.8, 4) is 0 Å². The van der Waals surface area contributed by atoms with E-state index in [0.29, 0.717) is 30.2 Å². The van der Waals surface area contributed by atoms with Crippen molar-refractivity contribution in [3.05, 3.63) is 70.7 Å². The van der Waals surface area contributed by atoms with Gasteiger partial charge in [0.2, 0.25) is 0 Å². The number of rotatable bonds is 4. The lowest BCUT2D eigenvalue weighted by molar-refractivity contribution is 0.0918. The van der Waals surface area contributed by atoms with E-state index in [1.807, 2.05) is 42.5 Å². The molecule has 0 atom stereocenters. The average Bonchev–Trinajstić information content (AvgIpc) is 2.68. The Hall–Kier alpha value is -2.53. The molecule has 1 aliphatic rings. The second-order valence-corrected chi connectivity index (χ2v) is 6.82. The Bertz CT molecular complexity index is 741. The van der Waals surface area contributed by atoms with Gasteiger partial charge in [-0.05, 0) is 42.7 Å². The summed E-state index contributed by atoms with van der Waals surface area (Å²) in [4.78, 5) is 26.3. The number of halogens is 1. The molecule has 0 saturated carbocycles. The molecular weight excluding hydrogens is 350 g/mol. The lowest BCUT2D eigenvalue weighted by atomic mass is 10.0. The number of nitrogens with zero attached hydrogens (tertiary/aromatic N) is 1. The molecule has 2 aromatic rings. The molecule has 2 N–H and O–H groups in total. The number of hydrogen-bond acceptors (Lipinski definition) is 2. The molecule has 1 heterocycles. The second-order valence-electron chi connectivity index (χ2n) is 6.39. The van der Waals surface area contributed by atoms with Crippen LogP contribution in [-0.2, 0) is 6.54 Å². The van der Waals surface area contributed by atoms with Gasteiger partial charge in [-0.2, -0.15) is 0 Å². The summed E-state index contributed by atoms with van der Waals surface area (Å²) in [6.45, 7) is 1.74. The summed E-state index contributed by atoms with van der Waals surface area (Å²) in [5, 5.41) is 6.65. The van der Waals surface area contributed by atoms with E-state index >= 15 is 0 Å². The summed E-state index contributed by atoms with van der Waals surface area (Å²) >= 11 is 5.86. The van der Waals surface area contributed by atoms with Crippen molar-refractivity contribution in [2.24, 2.45) is 0 Å². The van der Waals surface area contributed by atoms with Gasteiger partial charge in [0.1, 0.15) is 0 Å². The minimum atomic E-state index is -0.0761. The first-order valence-corrected chi connectivity index (χ1v) is 9.13. The highest BCUT2D eigenvalue weighted by Crippen LogP contribution is 2.13. The van der Waals surface area contributed by atoms with Gasteiger partial charge in [-0.1, -0.05) is 41.9 Å². The van der Waals surface area contributed by atoms with Crippen LogP contribution in [0.25, 0.3) is 0 Å². The number of hydrogen-bond donors (Lipinski definition) is 2. The minimum Gasteiger partial charge on any atom is -0.349 e. The first-order valence-electron chi connectivity index (χ1n) is 8.75. The largest absolute Gasteiger partial charge is 0.349 e. The third kappa shape index (κ3) is 4.99. The molecule has 1 aliphatic heterocycles. The zero-order valence-electron chi connectivity index (χ0n) is 14.5. The van der Waals surface area contributed by atoms with Crippen molar-refractivity contribution < 1.29 is 9.59 Å². The quantitative estimate of drug-likeness (QED) is 0.864. The monoisotopic (exact) mass is 371 g/mol. The fourth-order valence-corrected chi connectivity index (χ4v) is 3.10. The highest BCUT2D eigenvalue weighted by atomic mass is 35.5. The van der Waals surface area contributed by atoms with E-state index in [1.54, 1.807) is 17.0 Å². The van der Waals surface area contributed by atoms with Gasteiger partial charge in [0, 0.05) is 36.3 Å². The van der Waals surface area contributed by atoms with Crippen LogP contribution < -0.4 is 10.6 Å². The summed E-state index contributed by atoms with van der Waals surface area (Å²) in [5.41, 5.74) is 1.67. The van der Waals surface area contributed by atoms with E-state index in [0.717, 1.165) is 18.4 Å². The van der Waals surface area contributed by atoms with Gasteiger partial charge < -0.3 is 15.5 Å². The first kappa shape index (κ1) is 18.3. The van der Waals surface area contributed by atoms with Gasteiger partial charge >= 0.3 is 6.03 Å². The molecule has 0 bridgehead atoms. The molecule has 0 aliphatic carbocycles. The molecular formula is C20H22ClN3O2. The number of urea groups is 1. The van der Waals surface area contributed by atoms with Crippen molar-refractivity contribution in [2.75, 3.05) is 13.1 Å². The predicted octanol–water partition coefficient (Wildman–Crippen LogP) is 3.44. The SMILES string of the molecule is O=C(NC1CCN(C(=O)NCc2ccc(Cl)cc2)CC1)c1ccccc1. The number of carbonyl (C=O) groups excluding carboxylic acids is 2. The lowest BCUT2D eigenvalue weighted by Crippen LogP contribution is -2.49. The molecule has 1 saturated heterocycles. The van der Waals surface area contributed by atoms with Gasteiger partial charge in [-0.15, -0.1) is 0 Å². The number of piperidine rings is 1. The van der Waals surface area contributed by atoms with Crippen LogP contribution in [0.3, 0.4) is 0 Å². The van der Waals surface area contributed by atoms with E-state index in [2.05, 4.69) is 10.6 Å². The summed E-state index contributed by atoms with van der Waals surface area (Å²) < 4.78 is 0. The molecule has 3 amide bonds. The Labute approximate surface area is 158 Å². The average molecular weight is 372 g/mol. The zero-order chi connectivity index (χ0) is 18.4. The molecule has 0 spiro atoms. The smallest absolute Gasteiger partial charge is 0.317 e. The predicted molar refractivity (Wildman–Crippen MR) is 102 cm³/mol. The molecule has 3 rings (SSSR count). The fraction of sp³-hybridized carbons (Fsp3) is 0.300. The highest BCUT2D eigenvalue weighted by Gasteiger charge is 2.23. The van der Waals surface area contributed by atoms with Crippen LogP contribution in [0.5, 0.6) is 0 Å². The standard InChI is InChI=1S/C20H22ClN3O2/c21-17-8-6-15(7-9-17)14-22-20(26)24-12-10-18(11-13-24)23-19(25)16-4-2-1-3-5-16/h1-9,18H,10-14H2,(H,22,26)(H,23,25). The first-order chi connectivity index (χ1) is 12.6. The Morgan fingerprint density at radius 1 is 1.00 bits per heavy atom. The van der Waals surface area contributed by atoms with Gasteiger partial charge in [-0.25, -0.2) is 4.79 Å². The van der Waals surface area contributed by atoms with Crippen LogP contribution >= 0.6 is 11.6 Å². The molecule has 0 radical (unpaired) electrons. The Balaban J connectivity index is 1.42. The highest BCUT2D eigenvalue weighted by molar-refractivity contribution is 6.30. The molecule has 136 valence electrons. The number of amides is 3. The molecule has 1 fully saturated rings. The molecule has 26 heavy (non-hydrogen) atoms. The minimum absolute atomic E-state index is 0.0590. The summed E-state index contributed by atoms with van der Waals surface area (Å²) in [7, 11) is 0. The van der Waals surface area contributed by atoms with Gasteiger partial charge in [-0.3, -0.25) is 4.79 Å². The Morgan fingerprint density at radius 3 is 2.31 bits per heavy atom. The molecule has 0 unspecified atom stereocenters.